The van der Waals surface area contributed by atoms with Crippen molar-refractivity contribution in [3.8, 4) is 34.2 Å². The van der Waals surface area contributed by atoms with Crippen LogP contribution in [0, 0.1) is 0 Å². The third kappa shape index (κ3) is 5.81. The van der Waals surface area contributed by atoms with Crippen molar-refractivity contribution >= 4 is 11.9 Å². The van der Waals surface area contributed by atoms with E-state index < -0.39 is 0 Å². The molecule has 0 saturated carbocycles. The zero-order valence-corrected chi connectivity index (χ0v) is 23.5. The van der Waals surface area contributed by atoms with Gasteiger partial charge in [-0.15, -0.1) is 0 Å². The summed E-state index contributed by atoms with van der Waals surface area (Å²) in [7, 11) is 0. The molecule has 0 fully saturated rings. The number of aliphatic imine (C=N–C) groups is 1. The molecule has 5 aromatic rings. The molecule has 0 radical (unpaired) electrons. The molecule has 0 aliphatic carbocycles. The predicted octanol–water partition coefficient (Wildman–Crippen LogP) is 9.04. The van der Waals surface area contributed by atoms with E-state index in [0.717, 1.165) is 34.4 Å². The molecule has 5 rings (SSSR count). The minimum absolute atomic E-state index is 0.177. The topological polar surface area (TPSA) is 51.0 Å². The molecule has 1 heterocycles. The monoisotopic (exact) mass is 522 g/mol. The molecule has 0 saturated heterocycles. The van der Waals surface area contributed by atoms with Crippen LogP contribution in [0.4, 0.5) is 0 Å². The molecule has 0 aliphatic rings. The first-order valence-corrected chi connectivity index (χ1v) is 13.8. The maximum atomic E-state index is 4.87. The van der Waals surface area contributed by atoms with Gasteiger partial charge in [0.2, 0.25) is 0 Å². The molecule has 0 amide bonds. The lowest BCUT2D eigenvalue weighted by Gasteiger charge is -2.26. The number of aromatic nitrogens is 3. The average Bonchev–Trinajstić information content (AvgIpc) is 3.02. The highest BCUT2D eigenvalue weighted by Gasteiger charge is 2.23. The Bertz CT molecular complexity index is 1560. The molecule has 4 heteroatoms. The van der Waals surface area contributed by atoms with E-state index in [2.05, 4.69) is 80.4 Å². The first-order valence-electron chi connectivity index (χ1n) is 13.8. The Hall–Kier alpha value is -4.70. The lowest BCUT2D eigenvalue weighted by atomic mass is 9.77. The van der Waals surface area contributed by atoms with Gasteiger partial charge >= 0.3 is 0 Å². The lowest BCUT2D eigenvalue weighted by molar-refractivity contribution is 0.641. The van der Waals surface area contributed by atoms with E-state index in [4.69, 9.17) is 15.0 Å². The van der Waals surface area contributed by atoms with Crippen LogP contribution in [0.2, 0.25) is 0 Å². The van der Waals surface area contributed by atoms with Gasteiger partial charge in [-0.25, -0.2) is 15.0 Å². The Kier molecular flexibility index (Phi) is 8.07. The number of hydrogen-bond acceptors (Lipinski definition) is 4. The molecule has 4 aromatic carbocycles. The molecule has 0 spiro atoms. The predicted molar refractivity (Wildman–Crippen MR) is 167 cm³/mol. The summed E-state index contributed by atoms with van der Waals surface area (Å²) in [6, 6.07) is 37.5. The second kappa shape index (κ2) is 12.0. The summed E-state index contributed by atoms with van der Waals surface area (Å²) < 4.78 is 0. The van der Waals surface area contributed by atoms with Crippen LogP contribution in [0.5, 0.6) is 0 Å². The van der Waals surface area contributed by atoms with Crippen LogP contribution in [-0.4, -0.2) is 21.2 Å². The van der Waals surface area contributed by atoms with Crippen molar-refractivity contribution in [3.63, 3.8) is 0 Å². The van der Waals surface area contributed by atoms with Crippen LogP contribution in [0.25, 0.3) is 39.9 Å². The summed E-state index contributed by atoms with van der Waals surface area (Å²) in [6.07, 6.45) is 4.96. The van der Waals surface area contributed by atoms with Gasteiger partial charge in [-0.05, 0) is 30.0 Å². The van der Waals surface area contributed by atoms with Gasteiger partial charge in [-0.2, -0.15) is 0 Å². The first kappa shape index (κ1) is 26.9. The summed E-state index contributed by atoms with van der Waals surface area (Å²) in [5.41, 5.74) is 7.33. The van der Waals surface area contributed by atoms with Crippen LogP contribution in [0.3, 0.4) is 0 Å². The molecule has 198 valence electrons. The van der Waals surface area contributed by atoms with E-state index in [1.54, 1.807) is 0 Å². The number of nitrogens with zero attached hydrogens (tertiary/aromatic N) is 4. The van der Waals surface area contributed by atoms with Crippen molar-refractivity contribution in [1.82, 2.24) is 15.0 Å². The standard InChI is InChI=1S/C36H34N4/c1-5-13-32(37-6-2)26-18-22-30(23-19-26)36(3,4)31-24-20-29(21-25-31)35-39-33(27-14-9-7-10-15-27)38-34(40-35)28-16-11-8-12-17-28/h6-25H,5H2,1-4H3/b32-13-,37-6?. The van der Waals surface area contributed by atoms with E-state index in [1.807, 2.05) is 73.8 Å². The molecule has 0 N–H and O–H groups in total. The maximum Gasteiger partial charge on any atom is 0.164 e. The van der Waals surface area contributed by atoms with E-state index in [0.29, 0.717) is 17.5 Å². The summed E-state index contributed by atoms with van der Waals surface area (Å²) in [5, 5.41) is 0. The SMILES string of the molecule is CC=N/C(=C\CC)c1ccc(C(C)(C)c2ccc(-c3nc(-c4ccccc4)nc(-c4ccccc4)n3)cc2)cc1. The molecular formula is C36H34N4. The molecule has 4 nitrogen and oxygen atoms in total. The number of benzene rings is 4. The maximum absolute atomic E-state index is 4.87. The van der Waals surface area contributed by atoms with Crippen LogP contribution in [0.1, 0.15) is 50.8 Å². The smallest absolute Gasteiger partial charge is 0.164 e. The highest BCUT2D eigenvalue weighted by Crippen LogP contribution is 2.34. The van der Waals surface area contributed by atoms with E-state index in [9.17, 15) is 0 Å². The normalized spacial score (nSPS) is 12.2. The van der Waals surface area contributed by atoms with E-state index in [1.165, 1.54) is 11.1 Å². The Balaban J connectivity index is 1.48. The van der Waals surface area contributed by atoms with Crippen molar-refractivity contribution in [2.75, 3.05) is 0 Å². The van der Waals surface area contributed by atoms with Crippen molar-refractivity contribution in [3.05, 3.63) is 132 Å². The zero-order valence-electron chi connectivity index (χ0n) is 23.5. The molecule has 1 aromatic heterocycles. The lowest BCUT2D eigenvalue weighted by Crippen LogP contribution is -2.18. The number of hydrogen-bond donors (Lipinski definition) is 0. The van der Waals surface area contributed by atoms with Crippen molar-refractivity contribution in [2.45, 2.75) is 39.5 Å². The van der Waals surface area contributed by atoms with Crippen LogP contribution in [-0.2, 0) is 5.41 Å². The number of allylic oxidation sites excluding steroid dienone is 1. The molecular weight excluding hydrogens is 488 g/mol. The van der Waals surface area contributed by atoms with Gasteiger partial charge in [0.1, 0.15) is 0 Å². The first-order chi connectivity index (χ1) is 19.5. The summed E-state index contributed by atoms with van der Waals surface area (Å²) >= 11 is 0. The molecule has 0 unspecified atom stereocenters. The largest absolute Gasteiger partial charge is 0.261 e. The van der Waals surface area contributed by atoms with Gasteiger partial charge in [0, 0.05) is 28.3 Å². The van der Waals surface area contributed by atoms with Crippen molar-refractivity contribution in [2.24, 2.45) is 4.99 Å². The fourth-order valence-electron chi connectivity index (χ4n) is 4.78. The second-order valence-corrected chi connectivity index (χ2v) is 10.2. The molecule has 0 bridgehead atoms. The summed E-state index contributed by atoms with van der Waals surface area (Å²) in [6.45, 7) is 8.60. The van der Waals surface area contributed by atoms with Crippen LogP contribution < -0.4 is 0 Å². The summed E-state index contributed by atoms with van der Waals surface area (Å²) in [5.74, 6) is 1.99. The van der Waals surface area contributed by atoms with Gasteiger partial charge in [0.15, 0.2) is 17.5 Å². The average molecular weight is 523 g/mol. The molecule has 0 atom stereocenters. The van der Waals surface area contributed by atoms with Crippen LogP contribution >= 0.6 is 0 Å². The van der Waals surface area contributed by atoms with Crippen molar-refractivity contribution in [1.29, 1.82) is 0 Å². The summed E-state index contributed by atoms with van der Waals surface area (Å²) in [4.78, 5) is 19.1. The van der Waals surface area contributed by atoms with E-state index in [-0.39, 0.29) is 5.41 Å². The van der Waals surface area contributed by atoms with Gasteiger partial charge in [0.05, 0.1) is 5.70 Å². The van der Waals surface area contributed by atoms with Crippen molar-refractivity contribution < 1.29 is 0 Å². The zero-order chi connectivity index (χ0) is 28.0. The third-order valence-corrected chi connectivity index (χ3v) is 7.13. The quantitative estimate of drug-likeness (QED) is 0.191. The Morgan fingerprint density at radius 1 is 0.625 bits per heavy atom. The minimum atomic E-state index is -0.177. The molecule has 40 heavy (non-hydrogen) atoms. The fourth-order valence-corrected chi connectivity index (χ4v) is 4.78. The van der Waals surface area contributed by atoms with Gasteiger partial charge in [-0.3, -0.25) is 4.99 Å². The van der Waals surface area contributed by atoms with Gasteiger partial charge < -0.3 is 0 Å². The van der Waals surface area contributed by atoms with Crippen LogP contribution in [0.15, 0.2) is 120 Å². The second-order valence-electron chi connectivity index (χ2n) is 10.2. The van der Waals surface area contributed by atoms with Gasteiger partial charge in [-0.1, -0.05) is 136 Å². The highest BCUT2D eigenvalue weighted by atomic mass is 15.0. The fraction of sp³-hybridized carbons (Fsp3) is 0.167. The Labute approximate surface area is 237 Å². The Morgan fingerprint density at radius 2 is 1.05 bits per heavy atom. The highest BCUT2D eigenvalue weighted by molar-refractivity contribution is 5.73. The number of rotatable bonds is 8. The third-order valence-electron chi connectivity index (χ3n) is 7.13. The molecule has 0 aliphatic heterocycles. The van der Waals surface area contributed by atoms with Gasteiger partial charge in [0.25, 0.3) is 0 Å². The van der Waals surface area contributed by atoms with E-state index >= 15 is 0 Å². The Morgan fingerprint density at radius 3 is 1.48 bits per heavy atom. The minimum Gasteiger partial charge on any atom is -0.261 e.